The molecule has 5 rings (SSSR count). The Bertz CT molecular complexity index is 1360. The molecule has 0 spiro atoms. The number of hydrogen-bond donors (Lipinski definition) is 2. The van der Waals surface area contributed by atoms with Crippen molar-refractivity contribution in [1.82, 2.24) is 10.3 Å². The van der Waals surface area contributed by atoms with E-state index in [2.05, 4.69) is 31.5 Å². The van der Waals surface area contributed by atoms with Crippen molar-refractivity contribution in [1.29, 1.82) is 0 Å². The SMILES string of the molecule is COc1ccc(C2CC(=O)C3=C(C2)NC(C)=C(C(=O)Nc2ccccn2)C3c2ccc(Br)cc2)cc1. The number of rotatable bonds is 5. The smallest absolute Gasteiger partial charge is 0.255 e. The van der Waals surface area contributed by atoms with Gasteiger partial charge in [-0.1, -0.05) is 46.3 Å². The molecule has 182 valence electrons. The Morgan fingerprint density at radius 2 is 1.75 bits per heavy atom. The number of carbonyl (C=O) groups excluding carboxylic acids is 2. The maximum absolute atomic E-state index is 13.7. The number of allylic oxidation sites excluding steroid dienone is 3. The predicted molar refractivity (Wildman–Crippen MR) is 143 cm³/mol. The lowest BCUT2D eigenvalue weighted by atomic mass is 9.71. The molecule has 2 atom stereocenters. The lowest BCUT2D eigenvalue weighted by molar-refractivity contribution is -0.116. The monoisotopic (exact) mass is 543 g/mol. The number of methoxy groups -OCH3 is 1. The van der Waals surface area contributed by atoms with Crippen molar-refractivity contribution in [3.05, 3.63) is 111 Å². The van der Waals surface area contributed by atoms with Crippen LogP contribution in [0.5, 0.6) is 5.75 Å². The summed E-state index contributed by atoms with van der Waals surface area (Å²) < 4.78 is 6.22. The highest BCUT2D eigenvalue weighted by Gasteiger charge is 2.41. The summed E-state index contributed by atoms with van der Waals surface area (Å²) in [4.78, 5) is 31.5. The molecule has 2 unspecified atom stereocenters. The molecule has 0 saturated carbocycles. The lowest BCUT2D eigenvalue weighted by Gasteiger charge is -2.37. The fourth-order valence-electron chi connectivity index (χ4n) is 5.06. The van der Waals surface area contributed by atoms with Gasteiger partial charge in [0.05, 0.1) is 7.11 Å². The second kappa shape index (κ2) is 10.1. The molecule has 0 radical (unpaired) electrons. The van der Waals surface area contributed by atoms with Gasteiger partial charge in [-0.3, -0.25) is 9.59 Å². The third-order valence-corrected chi connectivity index (χ3v) is 7.30. The molecular formula is C29H26BrN3O3. The van der Waals surface area contributed by atoms with Gasteiger partial charge in [-0.15, -0.1) is 0 Å². The molecule has 2 aliphatic rings. The third kappa shape index (κ3) is 4.71. The maximum atomic E-state index is 13.7. The van der Waals surface area contributed by atoms with Crippen LogP contribution in [0.15, 0.2) is 99.9 Å². The van der Waals surface area contributed by atoms with Crippen LogP contribution in [0.2, 0.25) is 0 Å². The van der Waals surface area contributed by atoms with Crippen LogP contribution in [0.3, 0.4) is 0 Å². The average Bonchev–Trinajstić information content (AvgIpc) is 2.89. The van der Waals surface area contributed by atoms with Crippen LogP contribution >= 0.6 is 15.9 Å². The van der Waals surface area contributed by atoms with E-state index in [0.717, 1.165) is 32.7 Å². The predicted octanol–water partition coefficient (Wildman–Crippen LogP) is 5.85. The molecule has 1 aliphatic heterocycles. The van der Waals surface area contributed by atoms with E-state index in [1.54, 1.807) is 25.4 Å². The summed E-state index contributed by atoms with van der Waals surface area (Å²) in [5.74, 6) is 0.608. The molecule has 2 heterocycles. The van der Waals surface area contributed by atoms with Crippen molar-refractivity contribution >= 4 is 33.4 Å². The minimum atomic E-state index is -0.470. The Morgan fingerprint density at radius 3 is 2.42 bits per heavy atom. The highest BCUT2D eigenvalue weighted by molar-refractivity contribution is 9.10. The Kier molecular flexibility index (Phi) is 6.74. The van der Waals surface area contributed by atoms with Gasteiger partial charge in [-0.2, -0.15) is 0 Å². The number of benzene rings is 2. The zero-order valence-electron chi connectivity index (χ0n) is 20.0. The van der Waals surface area contributed by atoms with E-state index in [9.17, 15) is 9.59 Å². The van der Waals surface area contributed by atoms with Gasteiger partial charge in [0.15, 0.2) is 5.78 Å². The first-order chi connectivity index (χ1) is 17.4. The zero-order chi connectivity index (χ0) is 25.2. The van der Waals surface area contributed by atoms with Crippen LogP contribution in [0, 0.1) is 0 Å². The van der Waals surface area contributed by atoms with Crippen molar-refractivity contribution in [2.75, 3.05) is 12.4 Å². The Morgan fingerprint density at radius 1 is 1.03 bits per heavy atom. The number of anilines is 1. The number of dihydropyridines is 1. The highest BCUT2D eigenvalue weighted by atomic mass is 79.9. The maximum Gasteiger partial charge on any atom is 0.255 e. The quantitative estimate of drug-likeness (QED) is 0.421. The van der Waals surface area contributed by atoms with Gasteiger partial charge in [-0.05, 0) is 66.8 Å². The largest absolute Gasteiger partial charge is 0.497 e. The average molecular weight is 544 g/mol. The molecule has 0 bridgehead atoms. The fourth-order valence-corrected chi connectivity index (χ4v) is 5.33. The number of nitrogens with one attached hydrogen (secondary N) is 2. The van der Waals surface area contributed by atoms with Crippen LogP contribution in [0.25, 0.3) is 0 Å². The normalized spacial score (nSPS) is 19.5. The lowest BCUT2D eigenvalue weighted by Crippen LogP contribution is -2.37. The molecule has 2 aromatic carbocycles. The van der Waals surface area contributed by atoms with Gasteiger partial charge in [0.2, 0.25) is 0 Å². The van der Waals surface area contributed by atoms with E-state index in [1.807, 2.05) is 61.5 Å². The van der Waals surface area contributed by atoms with E-state index in [-0.39, 0.29) is 17.6 Å². The number of pyridine rings is 1. The highest BCUT2D eigenvalue weighted by Crippen LogP contribution is 2.46. The van der Waals surface area contributed by atoms with Crippen molar-refractivity contribution < 1.29 is 14.3 Å². The molecular weight excluding hydrogens is 518 g/mol. The fraction of sp³-hybridized carbons (Fsp3) is 0.207. The van der Waals surface area contributed by atoms with E-state index in [1.165, 1.54) is 0 Å². The summed E-state index contributed by atoms with van der Waals surface area (Å²) in [7, 11) is 1.64. The summed E-state index contributed by atoms with van der Waals surface area (Å²) in [5, 5.41) is 6.33. The van der Waals surface area contributed by atoms with E-state index in [4.69, 9.17) is 4.74 Å². The number of nitrogens with zero attached hydrogens (tertiary/aromatic N) is 1. The van der Waals surface area contributed by atoms with Crippen LogP contribution in [0.4, 0.5) is 5.82 Å². The van der Waals surface area contributed by atoms with E-state index < -0.39 is 5.92 Å². The number of amides is 1. The molecule has 3 aromatic rings. The summed E-state index contributed by atoms with van der Waals surface area (Å²) in [6, 6.07) is 21.1. The van der Waals surface area contributed by atoms with Crippen LogP contribution in [-0.2, 0) is 9.59 Å². The molecule has 0 saturated heterocycles. The van der Waals surface area contributed by atoms with Gasteiger partial charge >= 0.3 is 0 Å². The third-order valence-electron chi connectivity index (χ3n) is 6.77. The Balaban J connectivity index is 1.54. The first kappa shape index (κ1) is 24.0. The summed E-state index contributed by atoms with van der Waals surface area (Å²) in [5.41, 5.74) is 4.80. The molecule has 36 heavy (non-hydrogen) atoms. The molecule has 1 aromatic heterocycles. The molecule has 1 aliphatic carbocycles. The minimum Gasteiger partial charge on any atom is -0.497 e. The second-order valence-electron chi connectivity index (χ2n) is 9.01. The zero-order valence-corrected chi connectivity index (χ0v) is 21.6. The molecule has 2 N–H and O–H groups in total. The molecule has 0 fully saturated rings. The molecule has 1 amide bonds. The van der Waals surface area contributed by atoms with Crippen molar-refractivity contribution in [3.8, 4) is 5.75 Å². The van der Waals surface area contributed by atoms with Crippen molar-refractivity contribution in [3.63, 3.8) is 0 Å². The number of ether oxygens (including phenoxy) is 1. The van der Waals surface area contributed by atoms with Gasteiger partial charge in [0.25, 0.3) is 5.91 Å². The van der Waals surface area contributed by atoms with Gasteiger partial charge in [0.1, 0.15) is 11.6 Å². The number of Topliss-reactive ketones (excluding diaryl/α,β-unsaturated/α-hetero) is 1. The first-order valence-electron chi connectivity index (χ1n) is 11.8. The first-order valence-corrected chi connectivity index (χ1v) is 12.6. The topological polar surface area (TPSA) is 80.3 Å². The van der Waals surface area contributed by atoms with Gasteiger partial charge in [-0.25, -0.2) is 4.98 Å². The van der Waals surface area contributed by atoms with E-state index >= 15 is 0 Å². The second-order valence-corrected chi connectivity index (χ2v) is 9.93. The van der Waals surface area contributed by atoms with Gasteiger partial charge < -0.3 is 15.4 Å². The van der Waals surface area contributed by atoms with Crippen LogP contribution in [-0.4, -0.2) is 23.8 Å². The number of hydrogen-bond acceptors (Lipinski definition) is 5. The standard InChI is InChI=1S/C29H26BrN3O3/c1-17-26(29(35)33-25-5-3-4-14-31-25)27(19-6-10-21(30)11-7-19)28-23(32-17)15-20(16-24(28)34)18-8-12-22(36-2)13-9-18/h3-14,20,27,32H,15-16H2,1-2H3,(H,31,33,35). The van der Waals surface area contributed by atoms with Crippen molar-refractivity contribution in [2.45, 2.75) is 31.6 Å². The summed E-state index contributed by atoms with van der Waals surface area (Å²) >= 11 is 3.49. The molecule has 7 heteroatoms. The number of aromatic nitrogens is 1. The van der Waals surface area contributed by atoms with Gasteiger partial charge in [0, 0.05) is 45.5 Å². The van der Waals surface area contributed by atoms with Crippen LogP contribution in [0.1, 0.15) is 42.7 Å². The van der Waals surface area contributed by atoms with Crippen LogP contribution < -0.4 is 15.4 Å². The summed E-state index contributed by atoms with van der Waals surface area (Å²) in [6.45, 7) is 1.89. The minimum absolute atomic E-state index is 0.0492. The summed E-state index contributed by atoms with van der Waals surface area (Å²) in [6.07, 6.45) is 2.70. The Labute approximate surface area is 218 Å². The molecule has 6 nitrogen and oxygen atoms in total. The number of ketones is 1. The number of carbonyl (C=O) groups is 2. The van der Waals surface area contributed by atoms with E-state index in [0.29, 0.717) is 29.8 Å². The Hall–Kier alpha value is -3.71. The van der Waals surface area contributed by atoms with Crippen molar-refractivity contribution in [2.24, 2.45) is 0 Å². The number of halogens is 1.